The van der Waals surface area contributed by atoms with Crippen LogP contribution in [0, 0.1) is 12.8 Å². The minimum atomic E-state index is -4.76. The molecule has 0 heterocycles. The molecule has 2 aliphatic rings. The summed E-state index contributed by atoms with van der Waals surface area (Å²) in [6.07, 6.45) is 5.08. The van der Waals surface area contributed by atoms with Gasteiger partial charge in [-0.2, -0.15) is 0 Å². The molecule has 146 valence electrons. The summed E-state index contributed by atoms with van der Waals surface area (Å²) in [5.74, 6) is 0.920. The molecule has 6 heteroatoms. The Kier molecular flexibility index (Phi) is 6.20. The maximum Gasteiger partial charge on any atom is 0.573 e. The summed E-state index contributed by atoms with van der Waals surface area (Å²) in [4.78, 5) is 0. The van der Waals surface area contributed by atoms with Gasteiger partial charge in [-0.15, -0.1) is 13.2 Å². The van der Waals surface area contributed by atoms with E-state index < -0.39 is 6.36 Å². The fourth-order valence-electron chi connectivity index (χ4n) is 3.95. The molecule has 2 fully saturated rings. The second kappa shape index (κ2) is 8.40. The van der Waals surface area contributed by atoms with Crippen molar-refractivity contribution >= 4 is 0 Å². The normalized spacial score (nSPS) is 19.1. The lowest BCUT2D eigenvalue weighted by molar-refractivity contribution is -0.275. The van der Waals surface area contributed by atoms with E-state index in [0.717, 1.165) is 32.1 Å². The predicted molar refractivity (Wildman–Crippen MR) is 92.8 cm³/mol. The van der Waals surface area contributed by atoms with E-state index in [1.807, 2.05) is 0 Å². The van der Waals surface area contributed by atoms with Crippen LogP contribution in [-0.4, -0.2) is 19.1 Å². The molecular formula is C20H27F3O3. The first-order chi connectivity index (χ1) is 12.4. The van der Waals surface area contributed by atoms with E-state index in [-0.39, 0.29) is 17.6 Å². The van der Waals surface area contributed by atoms with E-state index >= 15 is 0 Å². The van der Waals surface area contributed by atoms with E-state index in [1.54, 1.807) is 13.0 Å². The summed E-state index contributed by atoms with van der Waals surface area (Å²) in [5.41, 5.74) is 0.340. The lowest BCUT2D eigenvalue weighted by atomic mass is 10.1. The molecule has 2 saturated carbocycles. The molecule has 0 radical (unpaired) electrons. The third-order valence-electron chi connectivity index (χ3n) is 5.39. The van der Waals surface area contributed by atoms with Gasteiger partial charge in [-0.05, 0) is 57.1 Å². The van der Waals surface area contributed by atoms with Crippen molar-refractivity contribution in [3.63, 3.8) is 0 Å². The maximum atomic E-state index is 12.9. The summed E-state index contributed by atoms with van der Waals surface area (Å²) >= 11 is 0. The number of hydrogen-bond acceptors (Lipinski definition) is 3. The van der Waals surface area contributed by atoms with Crippen LogP contribution in [0.25, 0.3) is 0 Å². The first-order valence-corrected chi connectivity index (χ1v) is 9.61. The molecule has 1 aromatic carbocycles. The highest BCUT2D eigenvalue weighted by Gasteiger charge is 2.34. The Morgan fingerprint density at radius 1 is 0.962 bits per heavy atom. The van der Waals surface area contributed by atoms with Gasteiger partial charge in [0.25, 0.3) is 0 Å². The van der Waals surface area contributed by atoms with Crippen LogP contribution in [0.4, 0.5) is 13.2 Å². The van der Waals surface area contributed by atoms with Crippen LogP contribution < -0.4 is 14.2 Å². The van der Waals surface area contributed by atoms with E-state index in [9.17, 15) is 13.2 Å². The number of ether oxygens (including phenoxy) is 3. The zero-order valence-corrected chi connectivity index (χ0v) is 15.2. The number of hydrogen-bond donors (Lipinski definition) is 0. The molecule has 1 aromatic rings. The fourth-order valence-corrected chi connectivity index (χ4v) is 3.95. The molecule has 0 aromatic heterocycles. The Morgan fingerprint density at radius 2 is 1.58 bits per heavy atom. The molecule has 0 spiro atoms. The Morgan fingerprint density at radius 3 is 2.23 bits per heavy atom. The van der Waals surface area contributed by atoms with E-state index in [4.69, 9.17) is 9.47 Å². The molecular weight excluding hydrogens is 345 g/mol. The minimum absolute atomic E-state index is 0.0709. The quantitative estimate of drug-likeness (QED) is 0.572. The van der Waals surface area contributed by atoms with Crippen molar-refractivity contribution in [2.24, 2.45) is 5.92 Å². The summed E-state index contributed by atoms with van der Waals surface area (Å²) < 4.78 is 54.5. The van der Waals surface area contributed by atoms with Gasteiger partial charge in [0, 0.05) is 5.56 Å². The van der Waals surface area contributed by atoms with Crippen LogP contribution in [0.5, 0.6) is 17.2 Å². The average molecular weight is 372 g/mol. The van der Waals surface area contributed by atoms with Crippen LogP contribution in [0.2, 0.25) is 0 Å². The highest BCUT2D eigenvalue weighted by Crippen LogP contribution is 2.41. The van der Waals surface area contributed by atoms with Gasteiger partial charge in [0.15, 0.2) is 11.5 Å². The van der Waals surface area contributed by atoms with Gasteiger partial charge in [0.2, 0.25) is 0 Å². The second-order valence-corrected chi connectivity index (χ2v) is 7.38. The molecule has 3 rings (SSSR count). The minimum Gasteiger partial charge on any atom is -0.490 e. The number of halogens is 3. The Labute approximate surface area is 152 Å². The van der Waals surface area contributed by atoms with Crippen LogP contribution in [-0.2, 0) is 0 Å². The smallest absolute Gasteiger partial charge is 0.490 e. The number of rotatable bonds is 7. The Hall–Kier alpha value is -1.59. The van der Waals surface area contributed by atoms with Crippen molar-refractivity contribution in [1.82, 2.24) is 0 Å². The zero-order valence-electron chi connectivity index (χ0n) is 15.2. The SMILES string of the molecule is Cc1c(OC2CCCC2)ccc(OCCC2CCCC2)c1OC(F)(F)F. The summed E-state index contributed by atoms with van der Waals surface area (Å²) in [5, 5.41) is 0. The Bertz CT molecular complexity index is 589. The van der Waals surface area contributed by atoms with Gasteiger partial charge in [-0.3, -0.25) is 0 Å². The molecule has 2 aliphatic carbocycles. The molecule has 26 heavy (non-hydrogen) atoms. The van der Waals surface area contributed by atoms with Gasteiger partial charge in [-0.25, -0.2) is 0 Å². The molecule has 0 saturated heterocycles. The summed E-state index contributed by atoms with van der Waals surface area (Å²) in [7, 11) is 0. The van der Waals surface area contributed by atoms with Gasteiger partial charge in [0.1, 0.15) is 5.75 Å². The monoisotopic (exact) mass is 372 g/mol. The van der Waals surface area contributed by atoms with Crippen molar-refractivity contribution in [3.8, 4) is 17.2 Å². The maximum absolute atomic E-state index is 12.9. The molecule has 0 N–H and O–H groups in total. The largest absolute Gasteiger partial charge is 0.573 e. The highest BCUT2D eigenvalue weighted by molar-refractivity contribution is 5.53. The first-order valence-electron chi connectivity index (χ1n) is 9.61. The molecule has 0 bridgehead atoms. The predicted octanol–water partition coefficient (Wildman–Crippen LogP) is 6.17. The third-order valence-corrected chi connectivity index (χ3v) is 5.39. The molecule has 0 atom stereocenters. The summed E-state index contributed by atoms with van der Waals surface area (Å²) in [6, 6.07) is 3.23. The van der Waals surface area contributed by atoms with Gasteiger partial charge in [0.05, 0.1) is 12.7 Å². The first kappa shape index (κ1) is 19.2. The Balaban J connectivity index is 1.72. The van der Waals surface area contributed by atoms with Crippen molar-refractivity contribution < 1.29 is 27.4 Å². The van der Waals surface area contributed by atoms with Gasteiger partial charge >= 0.3 is 6.36 Å². The molecule has 0 aliphatic heterocycles. The summed E-state index contributed by atoms with van der Waals surface area (Å²) in [6.45, 7) is 2.00. The van der Waals surface area contributed by atoms with E-state index in [0.29, 0.717) is 23.8 Å². The van der Waals surface area contributed by atoms with E-state index in [2.05, 4.69) is 4.74 Å². The fraction of sp³-hybridized carbons (Fsp3) is 0.700. The van der Waals surface area contributed by atoms with Crippen molar-refractivity contribution in [2.75, 3.05) is 6.61 Å². The zero-order chi connectivity index (χ0) is 18.6. The number of benzene rings is 1. The topological polar surface area (TPSA) is 27.7 Å². The highest BCUT2D eigenvalue weighted by atomic mass is 19.4. The van der Waals surface area contributed by atoms with E-state index in [1.165, 1.54) is 31.7 Å². The lowest BCUT2D eigenvalue weighted by Crippen LogP contribution is -2.19. The van der Waals surface area contributed by atoms with Gasteiger partial charge < -0.3 is 14.2 Å². The van der Waals surface area contributed by atoms with Crippen LogP contribution in [0.1, 0.15) is 63.4 Å². The van der Waals surface area contributed by atoms with Crippen LogP contribution in [0.3, 0.4) is 0 Å². The molecule has 3 nitrogen and oxygen atoms in total. The van der Waals surface area contributed by atoms with Crippen LogP contribution >= 0.6 is 0 Å². The second-order valence-electron chi connectivity index (χ2n) is 7.38. The van der Waals surface area contributed by atoms with Gasteiger partial charge in [-0.1, -0.05) is 25.7 Å². The van der Waals surface area contributed by atoms with Crippen molar-refractivity contribution in [1.29, 1.82) is 0 Å². The third kappa shape index (κ3) is 5.21. The molecule has 0 amide bonds. The average Bonchev–Trinajstić information content (AvgIpc) is 3.25. The number of alkyl halides is 3. The van der Waals surface area contributed by atoms with Crippen molar-refractivity contribution in [2.45, 2.75) is 77.2 Å². The standard InChI is InChI=1S/C20H27F3O3/c1-14-17(25-16-8-4-5-9-16)10-11-18(19(14)26-20(21,22)23)24-13-12-15-6-2-3-7-15/h10-11,15-16H,2-9,12-13H2,1H3. The molecule has 0 unspecified atom stereocenters. The van der Waals surface area contributed by atoms with Crippen LogP contribution in [0.15, 0.2) is 12.1 Å². The van der Waals surface area contributed by atoms with Crippen molar-refractivity contribution in [3.05, 3.63) is 17.7 Å². The lowest BCUT2D eigenvalue weighted by Gasteiger charge is -2.21.